The topological polar surface area (TPSA) is 83.6 Å². The molecule has 4 N–H and O–H groups in total. The first-order valence-electron chi connectivity index (χ1n) is 5.52. The maximum Gasteiger partial charge on any atom is 0.339 e. The summed E-state index contributed by atoms with van der Waals surface area (Å²) in [4.78, 5) is 10.8. The van der Waals surface area contributed by atoms with Gasteiger partial charge < -0.3 is 15.9 Å². The molecule has 0 spiro atoms. The summed E-state index contributed by atoms with van der Waals surface area (Å²) in [5, 5.41) is 18.6. The van der Waals surface area contributed by atoms with Gasteiger partial charge in [-0.3, -0.25) is 0 Å². The normalized spacial score (nSPS) is 16.6. The number of carboxylic acid groups (broad SMARTS) is 1. The summed E-state index contributed by atoms with van der Waals surface area (Å²) >= 11 is 0. The van der Waals surface area contributed by atoms with Gasteiger partial charge in [-0.2, -0.15) is 0 Å². The Hall–Kier alpha value is -1.33. The van der Waals surface area contributed by atoms with Gasteiger partial charge in [-0.15, -0.1) is 12.4 Å². The van der Waals surface area contributed by atoms with Crippen LogP contribution < -0.4 is 5.73 Å². The van der Waals surface area contributed by atoms with Crippen LogP contribution in [-0.2, 0) is 0 Å². The van der Waals surface area contributed by atoms with E-state index in [1.807, 2.05) is 0 Å². The summed E-state index contributed by atoms with van der Waals surface area (Å²) in [6.07, 6.45) is 2.81. The van der Waals surface area contributed by atoms with Gasteiger partial charge in [0.1, 0.15) is 17.1 Å². The monoisotopic (exact) mass is 275 g/mol. The lowest BCUT2D eigenvalue weighted by Gasteiger charge is -2.32. The van der Waals surface area contributed by atoms with Crippen molar-refractivity contribution in [3.63, 3.8) is 0 Å². The summed E-state index contributed by atoms with van der Waals surface area (Å²) in [6, 6.07) is 1.45. The number of hydrogen-bond acceptors (Lipinski definition) is 3. The smallest absolute Gasteiger partial charge is 0.339 e. The molecule has 100 valence electrons. The van der Waals surface area contributed by atoms with Crippen molar-refractivity contribution in [3.05, 3.63) is 29.1 Å². The van der Waals surface area contributed by atoms with Crippen molar-refractivity contribution in [1.82, 2.24) is 0 Å². The molecule has 1 aliphatic rings. The van der Waals surface area contributed by atoms with E-state index in [0.717, 1.165) is 31.4 Å². The number of carboxylic acids is 1. The molecule has 1 aromatic carbocycles. The van der Waals surface area contributed by atoms with Crippen LogP contribution in [0.1, 0.15) is 41.2 Å². The summed E-state index contributed by atoms with van der Waals surface area (Å²) in [7, 11) is 0. The van der Waals surface area contributed by atoms with Gasteiger partial charge in [0.2, 0.25) is 0 Å². The highest BCUT2D eigenvalue weighted by molar-refractivity contribution is 5.91. The third-order valence-corrected chi connectivity index (χ3v) is 3.39. The minimum atomic E-state index is -1.29. The van der Waals surface area contributed by atoms with Crippen molar-refractivity contribution >= 4 is 18.4 Å². The number of nitrogens with two attached hydrogens (primary N) is 1. The number of carbonyl (C=O) groups is 1. The van der Waals surface area contributed by atoms with Gasteiger partial charge in [-0.05, 0) is 30.9 Å². The Morgan fingerprint density at radius 1 is 1.44 bits per heavy atom. The Balaban J connectivity index is 0.00000162. The molecule has 2 rings (SSSR count). The fourth-order valence-corrected chi connectivity index (χ4v) is 2.11. The molecule has 0 unspecified atom stereocenters. The molecule has 1 aromatic rings. The van der Waals surface area contributed by atoms with Crippen LogP contribution in [0.15, 0.2) is 12.1 Å². The molecule has 0 aromatic heterocycles. The third-order valence-electron chi connectivity index (χ3n) is 3.39. The van der Waals surface area contributed by atoms with E-state index in [-0.39, 0.29) is 29.5 Å². The molecule has 1 saturated carbocycles. The van der Waals surface area contributed by atoms with Crippen molar-refractivity contribution in [3.8, 4) is 5.75 Å². The van der Waals surface area contributed by atoms with E-state index in [1.165, 1.54) is 0 Å². The molecule has 0 heterocycles. The highest BCUT2D eigenvalue weighted by atomic mass is 35.5. The van der Waals surface area contributed by atoms with E-state index in [9.17, 15) is 14.3 Å². The predicted molar refractivity (Wildman–Crippen MR) is 66.5 cm³/mol. The summed E-state index contributed by atoms with van der Waals surface area (Å²) in [5.41, 5.74) is 5.49. The standard InChI is InChI=1S/C12H14FNO3.ClH/c13-8-5-4-7(12(16)17)11(15)9(8)10(14)6-2-1-3-6;/h4-6,10,15H,1-3,14H2,(H,16,17);1H/t10-;/m0./s1. The maximum atomic E-state index is 13.6. The van der Waals surface area contributed by atoms with Gasteiger partial charge >= 0.3 is 5.97 Å². The SMILES string of the molecule is Cl.N[C@H](c1c(F)ccc(C(=O)O)c1O)C1CCC1. The second kappa shape index (κ2) is 5.54. The van der Waals surface area contributed by atoms with Crippen LogP contribution in [0.5, 0.6) is 5.75 Å². The summed E-state index contributed by atoms with van der Waals surface area (Å²) < 4.78 is 13.6. The molecule has 0 aliphatic heterocycles. The number of phenols is 1. The fourth-order valence-electron chi connectivity index (χ4n) is 2.11. The van der Waals surface area contributed by atoms with Gasteiger partial charge in [-0.1, -0.05) is 6.42 Å². The highest BCUT2D eigenvalue weighted by Gasteiger charge is 2.31. The zero-order chi connectivity index (χ0) is 12.6. The van der Waals surface area contributed by atoms with Gasteiger partial charge in [0.25, 0.3) is 0 Å². The van der Waals surface area contributed by atoms with E-state index in [0.29, 0.717) is 0 Å². The van der Waals surface area contributed by atoms with Gasteiger partial charge in [0, 0.05) is 11.6 Å². The van der Waals surface area contributed by atoms with Crippen molar-refractivity contribution < 1.29 is 19.4 Å². The molecule has 0 saturated heterocycles. The quantitative estimate of drug-likeness (QED) is 0.791. The number of rotatable bonds is 3. The molecule has 18 heavy (non-hydrogen) atoms. The Bertz CT molecular complexity index is 463. The summed E-state index contributed by atoms with van der Waals surface area (Å²) in [5.74, 6) is -2.35. The van der Waals surface area contributed by atoms with Gasteiger partial charge in [0.05, 0.1) is 0 Å². The lowest BCUT2D eigenvalue weighted by Crippen LogP contribution is -2.28. The molecular weight excluding hydrogens is 261 g/mol. The molecule has 0 radical (unpaired) electrons. The van der Waals surface area contributed by atoms with Gasteiger partial charge in [-0.25, -0.2) is 9.18 Å². The first-order valence-corrected chi connectivity index (χ1v) is 5.52. The zero-order valence-electron chi connectivity index (χ0n) is 9.60. The molecule has 1 aliphatic carbocycles. The lowest BCUT2D eigenvalue weighted by atomic mass is 9.77. The number of aromatic carboxylic acids is 1. The molecule has 0 amide bonds. The van der Waals surface area contributed by atoms with Crippen LogP contribution in [0.4, 0.5) is 4.39 Å². The number of aromatic hydroxyl groups is 1. The van der Waals surface area contributed by atoms with Crippen molar-refractivity contribution in [2.45, 2.75) is 25.3 Å². The number of hydrogen-bond donors (Lipinski definition) is 3. The Morgan fingerprint density at radius 3 is 2.50 bits per heavy atom. The summed E-state index contributed by atoms with van der Waals surface area (Å²) in [6.45, 7) is 0. The first kappa shape index (κ1) is 14.7. The average molecular weight is 276 g/mol. The van der Waals surface area contributed by atoms with Crippen LogP contribution in [-0.4, -0.2) is 16.2 Å². The molecule has 1 fully saturated rings. The highest BCUT2D eigenvalue weighted by Crippen LogP contribution is 2.40. The predicted octanol–water partition coefficient (Wildman–Crippen LogP) is 2.45. The van der Waals surface area contributed by atoms with Crippen molar-refractivity contribution in [2.75, 3.05) is 0 Å². The van der Waals surface area contributed by atoms with Crippen LogP contribution in [0.25, 0.3) is 0 Å². The van der Waals surface area contributed by atoms with E-state index in [2.05, 4.69) is 0 Å². The minimum Gasteiger partial charge on any atom is -0.507 e. The second-order valence-corrected chi connectivity index (χ2v) is 4.38. The average Bonchev–Trinajstić information content (AvgIpc) is 2.13. The Labute approximate surface area is 110 Å². The molecule has 1 atom stereocenters. The lowest BCUT2D eigenvalue weighted by molar-refractivity contribution is 0.0693. The molecule has 6 heteroatoms. The molecular formula is C12H15ClFNO3. The van der Waals surface area contributed by atoms with Crippen molar-refractivity contribution in [1.29, 1.82) is 0 Å². The number of benzene rings is 1. The third kappa shape index (κ3) is 2.42. The maximum absolute atomic E-state index is 13.6. The van der Waals surface area contributed by atoms with Crippen molar-refractivity contribution in [2.24, 2.45) is 11.7 Å². The van der Waals surface area contributed by atoms with E-state index in [4.69, 9.17) is 10.8 Å². The molecule has 0 bridgehead atoms. The van der Waals surface area contributed by atoms with Crippen LogP contribution in [0.3, 0.4) is 0 Å². The first-order chi connectivity index (χ1) is 8.02. The zero-order valence-corrected chi connectivity index (χ0v) is 10.4. The second-order valence-electron chi connectivity index (χ2n) is 4.38. The van der Waals surface area contributed by atoms with E-state index >= 15 is 0 Å². The Kier molecular flexibility index (Phi) is 4.53. The Morgan fingerprint density at radius 2 is 2.06 bits per heavy atom. The van der Waals surface area contributed by atoms with Crippen LogP contribution in [0, 0.1) is 11.7 Å². The van der Waals surface area contributed by atoms with Crippen LogP contribution in [0.2, 0.25) is 0 Å². The molecule has 4 nitrogen and oxygen atoms in total. The van der Waals surface area contributed by atoms with E-state index in [1.54, 1.807) is 0 Å². The number of halogens is 2. The van der Waals surface area contributed by atoms with Crippen LogP contribution >= 0.6 is 12.4 Å². The fraction of sp³-hybridized carbons (Fsp3) is 0.417. The van der Waals surface area contributed by atoms with E-state index < -0.39 is 23.6 Å². The minimum absolute atomic E-state index is 0. The largest absolute Gasteiger partial charge is 0.507 e. The van der Waals surface area contributed by atoms with Gasteiger partial charge in [0.15, 0.2) is 0 Å².